The first kappa shape index (κ1) is 16.2. The highest BCUT2D eigenvalue weighted by Crippen LogP contribution is 2.23. The Morgan fingerprint density at radius 1 is 1.25 bits per heavy atom. The van der Waals surface area contributed by atoms with Crippen LogP contribution in [0.25, 0.3) is 11.1 Å². The molecule has 1 aromatic carbocycles. The Labute approximate surface area is 141 Å². The zero-order chi connectivity index (χ0) is 17.1. The predicted molar refractivity (Wildman–Crippen MR) is 92.9 cm³/mol. The molecule has 5 heteroatoms. The van der Waals surface area contributed by atoms with Crippen molar-refractivity contribution in [2.45, 2.75) is 26.7 Å². The zero-order valence-electron chi connectivity index (χ0n) is 14.1. The quantitative estimate of drug-likeness (QED) is 0.777. The minimum atomic E-state index is -0.133. The number of nitrogens with zero attached hydrogens (tertiary/aromatic N) is 2. The second-order valence-corrected chi connectivity index (χ2v) is 6.32. The van der Waals surface area contributed by atoms with E-state index in [0.29, 0.717) is 23.7 Å². The molecule has 0 saturated carbocycles. The number of pyridine rings is 1. The van der Waals surface area contributed by atoms with Crippen molar-refractivity contribution in [2.75, 3.05) is 6.54 Å². The van der Waals surface area contributed by atoms with Gasteiger partial charge in [0.15, 0.2) is 0 Å². The molecule has 0 fully saturated rings. The lowest BCUT2D eigenvalue weighted by molar-refractivity contribution is 0.0949. The molecule has 2 aromatic heterocycles. The largest absolute Gasteiger partial charge is 0.351 e. The maximum atomic E-state index is 12.5. The van der Waals surface area contributed by atoms with Gasteiger partial charge in [-0.15, -0.1) is 0 Å². The second kappa shape index (κ2) is 6.83. The average Bonchev–Trinajstić information content (AvgIpc) is 2.96. The summed E-state index contributed by atoms with van der Waals surface area (Å²) < 4.78 is 5.08. The van der Waals surface area contributed by atoms with Crippen molar-refractivity contribution >= 4 is 17.0 Å². The average molecular weight is 323 g/mol. The van der Waals surface area contributed by atoms with Crippen molar-refractivity contribution in [3.8, 4) is 0 Å². The van der Waals surface area contributed by atoms with Crippen LogP contribution in [-0.4, -0.2) is 22.6 Å². The van der Waals surface area contributed by atoms with Gasteiger partial charge in [-0.2, -0.15) is 0 Å². The number of aryl methyl sites for hydroxylation is 1. The molecule has 0 aliphatic heterocycles. The van der Waals surface area contributed by atoms with Crippen LogP contribution in [0.3, 0.4) is 0 Å². The van der Waals surface area contributed by atoms with E-state index in [1.165, 1.54) is 11.8 Å². The van der Waals surface area contributed by atoms with Gasteiger partial charge in [0, 0.05) is 18.7 Å². The summed E-state index contributed by atoms with van der Waals surface area (Å²) >= 11 is 0. The summed E-state index contributed by atoms with van der Waals surface area (Å²) in [5.74, 6) is 0.560. The van der Waals surface area contributed by atoms with Crippen LogP contribution in [0.1, 0.15) is 41.4 Å². The number of carbonyl (C=O) groups excluding carboxylic acids is 1. The number of amides is 1. The highest BCUT2D eigenvalue weighted by atomic mass is 16.5. The van der Waals surface area contributed by atoms with Crippen molar-refractivity contribution in [3.63, 3.8) is 0 Å². The molecule has 3 aromatic rings. The number of rotatable bonds is 5. The fourth-order valence-corrected chi connectivity index (χ4v) is 2.81. The normalized spacial score (nSPS) is 12.5. The summed E-state index contributed by atoms with van der Waals surface area (Å²) in [6.07, 6.45) is 1.52. The third-order valence-corrected chi connectivity index (χ3v) is 4.29. The van der Waals surface area contributed by atoms with Gasteiger partial charge in [-0.1, -0.05) is 49.3 Å². The van der Waals surface area contributed by atoms with Gasteiger partial charge in [0.05, 0.1) is 16.6 Å². The lowest BCUT2D eigenvalue weighted by Gasteiger charge is -2.21. The summed E-state index contributed by atoms with van der Waals surface area (Å²) in [6.45, 7) is 6.75. The number of aromatic nitrogens is 2. The summed E-state index contributed by atoms with van der Waals surface area (Å²) in [4.78, 5) is 16.6. The zero-order valence-corrected chi connectivity index (χ0v) is 14.1. The molecular formula is C19H21N3O2. The fourth-order valence-electron chi connectivity index (χ4n) is 2.81. The third-order valence-electron chi connectivity index (χ3n) is 4.29. The summed E-state index contributed by atoms with van der Waals surface area (Å²) in [5.41, 5.74) is 2.94. The Kier molecular flexibility index (Phi) is 4.60. The first-order valence-electron chi connectivity index (χ1n) is 8.11. The molecule has 124 valence electrons. The van der Waals surface area contributed by atoms with Crippen molar-refractivity contribution in [1.29, 1.82) is 0 Å². The van der Waals surface area contributed by atoms with Gasteiger partial charge in [-0.25, -0.2) is 4.98 Å². The molecule has 0 bridgehead atoms. The number of nitrogens with one attached hydrogen (secondary N) is 1. The van der Waals surface area contributed by atoms with Gasteiger partial charge >= 0.3 is 0 Å². The molecule has 0 radical (unpaired) electrons. The molecule has 0 aliphatic carbocycles. The van der Waals surface area contributed by atoms with Crippen LogP contribution < -0.4 is 5.32 Å². The highest BCUT2D eigenvalue weighted by Gasteiger charge is 2.18. The Morgan fingerprint density at radius 3 is 2.71 bits per heavy atom. The molecule has 0 aliphatic rings. The van der Waals surface area contributed by atoms with Gasteiger partial charge in [0.1, 0.15) is 0 Å². The van der Waals surface area contributed by atoms with E-state index in [9.17, 15) is 4.79 Å². The van der Waals surface area contributed by atoms with Crippen LogP contribution in [0.2, 0.25) is 0 Å². The van der Waals surface area contributed by atoms with Crippen molar-refractivity contribution < 1.29 is 9.32 Å². The summed E-state index contributed by atoms with van der Waals surface area (Å²) in [5, 5.41) is 7.66. The molecule has 5 nitrogen and oxygen atoms in total. The Hall–Kier alpha value is -2.69. The van der Waals surface area contributed by atoms with Gasteiger partial charge in [0.25, 0.3) is 11.6 Å². The monoisotopic (exact) mass is 323 g/mol. The minimum Gasteiger partial charge on any atom is -0.351 e. The smallest absolute Gasteiger partial charge is 0.257 e. The molecule has 0 spiro atoms. The van der Waals surface area contributed by atoms with E-state index >= 15 is 0 Å². The van der Waals surface area contributed by atoms with Crippen molar-refractivity contribution in [3.05, 3.63) is 59.4 Å². The maximum absolute atomic E-state index is 12.5. The van der Waals surface area contributed by atoms with Crippen LogP contribution >= 0.6 is 0 Å². The van der Waals surface area contributed by atoms with E-state index in [1.807, 2.05) is 25.1 Å². The van der Waals surface area contributed by atoms with E-state index in [0.717, 1.165) is 11.1 Å². The van der Waals surface area contributed by atoms with Gasteiger partial charge in [-0.05, 0) is 24.5 Å². The van der Waals surface area contributed by atoms with E-state index in [1.54, 1.807) is 6.07 Å². The SMILES string of the molecule is Cc1noc2ncc(C(=O)NCC(c3ccccc3)C(C)C)cc12. The van der Waals surface area contributed by atoms with E-state index in [-0.39, 0.29) is 11.8 Å². The molecule has 3 rings (SSSR count). The van der Waals surface area contributed by atoms with E-state index in [4.69, 9.17) is 4.52 Å². The van der Waals surface area contributed by atoms with E-state index in [2.05, 4.69) is 41.4 Å². The number of hydrogen-bond donors (Lipinski definition) is 1. The highest BCUT2D eigenvalue weighted by molar-refractivity contribution is 5.96. The van der Waals surface area contributed by atoms with Gasteiger partial charge < -0.3 is 9.84 Å². The first-order chi connectivity index (χ1) is 11.6. The summed E-state index contributed by atoms with van der Waals surface area (Å²) in [7, 11) is 0. The van der Waals surface area contributed by atoms with Crippen LogP contribution in [0.4, 0.5) is 0 Å². The molecular weight excluding hydrogens is 302 g/mol. The van der Waals surface area contributed by atoms with Crippen molar-refractivity contribution in [2.24, 2.45) is 5.92 Å². The lowest BCUT2D eigenvalue weighted by atomic mass is 9.88. The predicted octanol–water partition coefficient (Wildman–Crippen LogP) is 3.70. The molecule has 2 heterocycles. The maximum Gasteiger partial charge on any atom is 0.257 e. The van der Waals surface area contributed by atoms with Crippen molar-refractivity contribution in [1.82, 2.24) is 15.5 Å². The Balaban J connectivity index is 1.74. The number of hydrogen-bond acceptors (Lipinski definition) is 4. The van der Waals surface area contributed by atoms with Crippen LogP contribution in [0.15, 0.2) is 47.1 Å². The number of fused-ring (bicyclic) bond motifs is 1. The lowest BCUT2D eigenvalue weighted by Crippen LogP contribution is -2.30. The van der Waals surface area contributed by atoms with Gasteiger partial charge in [-0.3, -0.25) is 4.79 Å². The Bertz CT molecular complexity index is 840. The molecule has 0 saturated heterocycles. The molecule has 1 atom stereocenters. The van der Waals surface area contributed by atoms with Gasteiger partial charge in [0.2, 0.25) is 0 Å². The van der Waals surface area contributed by atoms with Crippen LogP contribution in [-0.2, 0) is 0 Å². The molecule has 24 heavy (non-hydrogen) atoms. The second-order valence-electron chi connectivity index (χ2n) is 6.32. The molecule has 1 unspecified atom stereocenters. The summed E-state index contributed by atoms with van der Waals surface area (Å²) in [6, 6.07) is 12.0. The standard InChI is InChI=1S/C19H21N3O2/c1-12(2)17(14-7-5-4-6-8-14)11-20-18(23)15-9-16-13(3)22-24-19(16)21-10-15/h4-10,12,17H,11H2,1-3H3,(H,20,23). The molecule has 1 amide bonds. The first-order valence-corrected chi connectivity index (χ1v) is 8.11. The molecule has 1 N–H and O–H groups in total. The van der Waals surface area contributed by atoms with E-state index < -0.39 is 0 Å². The third kappa shape index (κ3) is 3.30. The Morgan fingerprint density at radius 2 is 2.00 bits per heavy atom. The van der Waals surface area contributed by atoms with Crippen LogP contribution in [0, 0.1) is 12.8 Å². The topological polar surface area (TPSA) is 68.0 Å². The number of carbonyl (C=O) groups is 1. The fraction of sp³-hybridized carbons (Fsp3) is 0.316. The van der Waals surface area contributed by atoms with Crippen LogP contribution in [0.5, 0.6) is 0 Å². The number of benzene rings is 1. The minimum absolute atomic E-state index is 0.133.